The molecule has 0 N–H and O–H groups in total. The van der Waals surface area contributed by atoms with Crippen molar-refractivity contribution < 1.29 is 18.8 Å². The largest absolute Gasteiger partial charge is 0.459 e. The molecule has 3 saturated heterocycles. The van der Waals surface area contributed by atoms with Crippen molar-refractivity contribution in [1.82, 2.24) is 19.6 Å². The third-order valence-corrected chi connectivity index (χ3v) is 6.88. The van der Waals surface area contributed by atoms with Crippen LogP contribution in [0.4, 0.5) is 0 Å². The molecule has 0 aliphatic carbocycles. The zero-order chi connectivity index (χ0) is 20.7. The summed E-state index contributed by atoms with van der Waals surface area (Å²) in [5.74, 6) is 1.69. The standard InChI is InChI=1S/C21H29N5O4/c1-23-8-10-25(11-9-23)20(27)15-4-6-24(7-5-15)19-16-13-26(14-18(16)30-22-19)21(28)17-3-2-12-29-17/h2-3,12,15-16,18H,4-11,13-14H2,1H3/t16-,18-/m0/s1. The summed E-state index contributed by atoms with van der Waals surface area (Å²) < 4.78 is 5.25. The molecule has 0 radical (unpaired) electrons. The van der Waals surface area contributed by atoms with Crippen molar-refractivity contribution in [3.05, 3.63) is 24.2 Å². The molecule has 0 bridgehead atoms. The van der Waals surface area contributed by atoms with Gasteiger partial charge in [-0.15, -0.1) is 0 Å². The minimum Gasteiger partial charge on any atom is -0.459 e. The van der Waals surface area contributed by atoms with Crippen molar-refractivity contribution in [3.8, 4) is 0 Å². The van der Waals surface area contributed by atoms with Crippen molar-refractivity contribution >= 4 is 17.6 Å². The first-order chi connectivity index (χ1) is 14.6. The molecule has 4 aliphatic heterocycles. The van der Waals surface area contributed by atoms with Crippen molar-refractivity contribution in [3.63, 3.8) is 0 Å². The average Bonchev–Trinajstić information content (AvgIpc) is 3.51. The van der Waals surface area contributed by atoms with Crippen LogP contribution >= 0.6 is 0 Å². The van der Waals surface area contributed by atoms with Gasteiger partial charge in [0, 0.05) is 51.7 Å². The molecule has 5 heterocycles. The number of amidine groups is 1. The van der Waals surface area contributed by atoms with Crippen LogP contribution in [0.25, 0.3) is 0 Å². The molecule has 0 unspecified atom stereocenters. The Balaban J connectivity index is 1.15. The van der Waals surface area contributed by atoms with Gasteiger partial charge >= 0.3 is 0 Å². The third kappa shape index (κ3) is 3.55. The zero-order valence-electron chi connectivity index (χ0n) is 17.4. The molecule has 4 aliphatic rings. The van der Waals surface area contributed by atoms with Crippen molar-refractivity contribution in [2.24, 2.45) is 17.0 Å². The maximum Gasteiger partial charge on any atom is 0.289 e. The van der Waals surface area contributed by atoms with Crippen LogP contribution in [0, 0.1) is 11.8 Å². The van der Waals surface area contributed by atoms with E-state index in [0.29, 0.717) is 24.8 Å². The van der Waals surface area contributed by atoms with E-state index in [4.69, 9.17) is 9.25 Å². The van der Waals surface area contributed by atoms with Gasteiger partial charge in [0.2, 0.25) is 5.91 Å². The number of piperazine rings is 1. The van der Waals surface area contributed by atoms with Crippen molar-refractivity contribution in [2.45, 2.75) is 18.9 Å². The fourth-order valence-electron chi connectivity index (χ4n) is 4.97. The normalized spacial score (nSPS) is 27.8. The van der Waals surface area contributed by atoms with Crippen molar-refractivity contribution in [1.29, 1.82) is 0 Å². The Morgan fingerprint density at radius 1 is 1.03 bits per heavy atom. The number of amides is 2. The lowest BCUT2D eigenvalue weighted by Crippen LogP contribution is -2.51. The second-order valence-corrected chi connectivity index (χ2v) is 8.78. The van der Waals surface area contributed by atoms with Gasteiger partial charge in [0.05, 0.1) is 18.7 Å². The summed E-state index contributed by atoms with van der Waals surface area (Å²) in [6, 6.07) is 3.41. The third-order valence-electron chi connectivity index (χ3n) is 6.88. The molecule has 3 fully saturated rings. The number of rotatable bonds is 2. The Labute approximate surface area is 176 Å². The van der Waals surface area contributed by atoms with Crippen LogP contribution in [-0.4, -0.2) is 103 Å². The summed E-state index contributed by atoms with van der Waals surface area (Å²) in [5, 5.41) is 4.35. The smallest absolute Gasteiger partial charge is 0.289 e. The van der Waals surface area contributed by atoms with Gasteiger partial charge in [0.25, 0.3) is 5.91 Å². The predicted octanol–water partition coefficient (Wildman–Crippen LogP) is 0.550. The van der Waals surface area contributed by atoms with Gasteiger partial charge in [0.1, 0.15) is 0 Å². The van der Waals surface area contributed by atoms with Crippen LogP contribution in [0.15, 0.2) is 28.0 Å². The number of furan rings is 1. The van der Waals surface area contributed by atoms with Crippen molar-refractivity contribution in [2.75, 3.05) is 59.4 Å². The van der Waals surface area contributed by atoms with E-state index in [1.54, 1.807) is 17.0 Å². The molecule has 0 aromatic carbocycles. The predicted molar refractivity (Wildman–Crippen MR) is 109 cm³/mol. The van der Waals surface area contributed by atoms with E-state index in [-0.39, 0.29) is 23.8 Å². The molecule has 2 amide bonds. The molecule has 1 aromatic heterocycles. The highest BCUT2D eigenvalue weighted by molar-refractivity contribution is 5.93. The molecule has 9 heteroatoms. The summed E-state index contributed by atoms with van der Waals surface area (Å²) in [7, 11) is 2.10. The maximum atomic E-state index is 12.9. The number of piperidine rings is 1. The van der Waals surface area contributed by atoms with Crippen LogP contribution in [0.5, 0.6) is 0 Å². The maximum absolute atomic E-state index is 12.9. The van der Waals surface area contributed by atoms with Gasteiger partial charge in [-0.1, -0.05) is 5.16 Å². The van der Waals surface area contributed by atoms with Gasteiger partial charge in [0.15, 0.2) is 17.7 Å². The minimum absolute atomic E-state index is 0.0915. The van der Waals surface area contributed by atoms with E-state index in [2.05, 4.69) is 22.0 Å². The van der Waals surface area contributed by atoms with E-state index < -0.39 is 0 Å². The molecule has 30 heavy (non-hydrogen) atoms. The fraction of sp³-hybridized carbons (Fsp3) is 0.667. The minimum atomic E-state index is -0.103. The number of likely N-dealkylation sites (N-methyl/N-ethyl adjacent to an activating group) is 1. The monoisotopic (exact) mass is 415 g/mol. The van der Waals surface area contributed by atoms with Crippen LogP contribution in [-0.2, 0) is 9.63 Å². The Bertz CT molecular complexity index is 809. The lowest BCUT2D eigenvalue weighted by molar-refractivity contribution is -0.138. The van der Waals surface area contributed by atoms with E-state index in [9.17, 15) is 9.59 Å². The zero-order valence-corrected chi connectivity index (χ0v) is 17.4. The molecule has 0 spiro atoms. The molecule has 2 atom stereocenters. The van der Waals surface area contributed by atoms with E-state index in [1.165, 1.54) is 6.26 Å². The van der Waals surface area contributed by atoms with E-state index >= 15 is 0 Å². The molecular weight excluding hydrogens is 386 g/mol. The fourth-order valence-corrected chi connectivity index (χ4v) is 4.97. The Morgan fingerprint density at radius 2 is 1.80 bits per heavy atom. The number of hydrogen-bond acceptors (Lipinski definition) is 7. The Hall–Kier alpha value is -2.55. The molecule has 5 rings (SSSR count). The van der Waals surface area contributed by atoms with Crippen LogP contribution < -0.4 is 0 Å². The second-order valence-electron chi connectivity index (χ2n) is 8.78. The van der Waals surface area contributed by atoms with Gasteiger partial charge in [-0.05, 0) is 32.0 Å². The summed E-state index contributed by atoms with van der Waals surface area (Å²) >= 11 is 0. The first-order valence-corrected chi connectivity index (χ1v) is 10.9. The number of hydrogen-bond donors (Lipinski definition) is 0. The Morgan fingerprint density at radius 3 is 2.50 bits per heavy atom. The molecule has 9 nitrogen and oxygen atoms in total. The number of oxime groups is 1. The molecular formula is C21H29N5O4. The summed E-state index contributed by atoms with van der Waals surface area (Å²) in [4.78, 5) is 39.5. The van der Waals surface area contributed by atoms with Gasteiger partial charge < -0.3 is 28.9 Å². The quantitative estimate of drug-likeness (QED) is 0.702. The number of carbonyl (C=O) groups is 2. The number of fused-ring (bicyclic) bond motifs is 1. The number of carbonyl (C=O) groups excluding carboxylic acids is 2. The number of nitrogens with zero attached hydrogens (tertiary/aromatic N) is 5. The lowest BCUT2D eigenvalue weighted by atomic mass is 9.93. The van der Waals surface area contributed by atoms with E-state index in [0.717, 1.165) is 57.9 Å². The SMILES string of the molecule is CN1CCN(C(=O)C2CCN(C3=NO[C@H]4CN(C(=O)c5ccco5)C[C@H]34)CC2)CC1. The highest BCUT2D eigenvalue weighted by Crippen LogP contribution is 2.32. The lowest BCUT2D eigenvalue weighted by Gasteiger charge is -2.38. The van der Waals surface area contributed by atoms with Gasteiger partial charge in [-0.2, -0.15) is 0 Å². The first-order valence-electron chi connectivity index (χ1n) is 10.9. The van der Waals surface area contributed by atoms with Crippen LogP contribution in [0.3, 0.4) is 0 Å². The Kier molecular flexibility index (Phi) is 5.14. The molecule has 162 valence electrons. The highest BCUT2D eigenvalue weighted by atomic mass is 16.6. The van der Waals surface area contributed by atoms with Gasteiger partial charge in [-0.3, -0.25) is 9.59 Å². The average molecular weight is 415 g/mol. The summed E-state index contributed by atoms with van der Waals surface area (Å²) in [5.41, 5.74) is 0. The highest BCUT2D eigenvalue weighted by Gasteiger charge is 2.47. The first kappa shape index (κ1) is 19.4. The van der Waals surface area contributed by atoms with Crippen LogP contribution in [0.1, 0.15) is 23.4 Å². The van der Waals surface area contributed by atoms with Crippen LogP contribution in [0.2, 0.25) is 0 Å². The molecule has 0 saturated carbocycles. The number of likely N-dealkylation sites (tertiary alicyclic amines) is 2. The van der Waals surface area contributed by atoms with Gasteiger partial charge in [-0.25, -0.2) is 0 Å². The second kappa shape index (κ2) is 7.94. The topological polar surface area (TPSA) is 81.8 Å². The molecule has 1 aromatic rings. The van der Waals surface area contributed by atoms with E-state index in [1.807, 2.05) is 4.90 Å². The summed E-state index contributed by atoms with van der Waals surface area (Å²) in [6.07, 6.45) is 3.11. The summed E-state index contributed by atoms with van der Waals surface area (Å²) in [6.45, 7) is 6.30.